The molecule has 1 aliphatic rings. The van der Waals surface area contributed by atoms with Crippen LogP contribution in [0.2, 0.25) is 0 Å². The van der Waals surface area contributed by atoms with E-state index < -0.39 is 0 Å². The Morgan fingerprint density at radius 2 is 2.13 bits per heavy atom. The number of nitrogens with zero attached hydrogens (tertiary/aromatic N) is 3. The molecule has 1 aromatic carbocycles. The normalized spacial score (nSPS) is 14.6. The molecule has 1 atom stereocenters. The van der Waals surface area contributed by atoms with Gasteiger partial charge in [-0.2, -0.15) is 0 Å². The zero-order valence-electron chi connectivity index (χ0n) is 22.3. The molecular weight excluding hydrogens is 520 g/mol. The molecule has 202 valence electrons. The molecule has 0 spiro atoms. The van der Waals surface area contributed by atoms with Gasteiger partial charge in [-0.25, -0.2) is 4.79 Å². The zero-order valence-corrected chi connectivity index (χ0v) is 24.0. The highest BCUT2D eigenvalue weighted by Gasteiger charge is 2.29. The summed E-state index contributed by atoms with van der Waals surface area (Å²) in [6, 6.07) is 6.07. The maximum atomic E-state index is 13.0. The second-order valence-corrected chi connectivity index (χ2v) is 11.5. The predicted octanol–water partition coefficient (Wildman–Crippen LogP) is 5.75. The highest BCUT2D eigenvalue weighted by molar-refractivity contribution is 7.99. The predicted molar refractivity (Wildman–Crippen MR) is 151 cm³/mol. The van der Waals surface area contributed by atoms with Crippen LogP contribution in [-0.4, -0.2) is 39.0 Å². The van der Waals surface area contributed by atoms with Crippen molar-refractivity contribution in [2.45, 2.75) is 65.3 Å². The third-order valence-electron chi connectivity index (χ3n) is 6.38. The number of nitrogens with one attached hydrogen (secondary N) is 1. The Morgan fingerprint density at radius 3 is 2.89 bits per heavy atom. The molecule has 0 aliphatic heterocycles. The van der Waals surface area contributed by atoms with E-state index in [1.807, 2.05) is 36.6 Å². The third-order valence-corrected chi connectivity index (χ3v) is 8.52. The largest absolute Gasteiger partial charge is 0.485 e. The van der Waals surface area contributed by atoms with Crippen molar-refractivity contribution in [1.82, 2.24) is 14.8 Å². The average molecular weight is 555 g/mol. The van der Waals surface area contributed by atoms with Crippen LogP contribution in [0.1, 0.15) is 58.0 Å². The molecule has 10 heteroatoms. The van der Waals surface area contributed by atoms with Gasteiger partial charge in [0.2, 0.25) is 5.91 Å². The van der Waals surface area contributed by atoms with Crippen LogP contribution in [0.5, 0.6) is 5.75 Å². The quantitative estimate of drug-likeness (QED) is 0.183. The number of hydrogen-bond donors (Lipinski definition) is 1. The Balaban J connectivity index is 1.44. The van der Waals surface area contributed by atoms with Gasteiger partial charge in [-0.05, 0) is 68.7 Å². The molecule has 0 radical (unpaired) electrons. The summed E-state index contributed by atoms with van der Waals surface area (Å²) >= 11 is 2.77. The van der Waals surface area contributed by atoms with E-state index in [0.717, 1.165) is 46.6 Å². The van der Waals surface area contributed by atoms with Gasteiger partial charge in [-0.3, -0.25) is 9.36 Å². The number of esters is 1. The van der Waals surface area contributed by atoms with Crippen LogP contribution < -0.4 is 10.1 Å². The molecule has 38 heavy (non-hydrogen) atoms. The smallest absolute Gasteiger partial charge is 0.341 e. The SMILES string of the molecule is C=CCn1c(COc2cc(C)ccc2C)nnc1SCC(=O)Nc1sc2c(c1C(=O)OCC)CCC(C)C2. The average Bonchev–Trinajstić information content (AvgIpc) is 3.43. The first-order chi connectivity index (χ1) is 18.3. The summed E-state index contributed by atoms with van der Waals surface area (Å²) in [5, 5.41) is 12.7. The van der Waals surface area contributed by atoms with E-state index in [1.165, 1.54) is 23.1 Å². The molecule has 3 aromatic rings. The fourth-order valence-electron chi connectivity index (χ4n) is 4.40. The van der Waals surface area contributed by atoms with Crippen LogP contribution in [0.3, 0.4) is 0 Å². The Kier molecular flexibility index (Phi) is 9.27. The monoisotopic (exact) mass is 554 g/mol. The molecule has 1 aliphatic carbocycles. The summed E-state index contributed by atoms with van der Waals surface area (Å²) in [5.74, 6) is 1.54. The summed E-state index contributed by atoms with van der Waals surface area (Å²) in [6.45, 7) is 12.9. The molecule has 0 saturated carbocycles. The van der Waals surface area contributed by atoms with Gasteiger partial charge in [-0.15, -0.1) is 28.1 Å². The minimum absolute atomic E-state index is 0.119. The van der Waals surface area contributed by atoms with Crippen molar-refractivity contribution >= 4 is 40.0 Å². The Morgan fingerprint density at radius 1 is 1.32 bits per heavy atom. The van der Waals surface area contributed by atoms with E-state index >= 15 is 0 Å². The van der Waals surface area contributed by atoms with Gasteiger partial charge in [-0.1, -0.05) is 36.9 Å². The number of carbonyl (C=O) groups is 2. The van der Waals surface area contributed by atoms with Crippen molar-refractivity contribution in [3.05, 3.63) is 63.8 Å². The van der Waals surface area contributed by atoms with Crippen LogP contribution in [0.4, 0.5) is 5.00 Å². The lowest BCUT2D eigenvalue weighted by atomic mass is 9.88. The molecular formula is C28H34N4O4S2. The highest BCUT2D eigenvalue weighted by Crippen LogP contribution is 2.40. The molecule has 4 rings (SSSR count). The number of anilines is 1. The fraction of sp³-hybridized carbons (Fsp3) is 0.429. The molecule has 0 fully saturated rings. The van der Waals surface area contributed by atoms with Gasteiger partial charge < -0.3 is 14.8 Å². The summed E-state index contributed by atoms with van der Waals surface area (Å²) in [5.41, 5.74) is 3.70. The first-order valence-electron chi connectivity index (χ1n) is 12.8. The van der Waals surface area contributed by atoms with Crippen LogP contribution in [0, 0.1) is 19.8 Å². The number of benzene rings is 1. The molecule has 0 saturated heterocycles. The molecule has 1 unspecified atom stereocenters. The van der Waals surface area contributed by atoms with Crippen molar-refractivity contribution in [3.8, 4) is 5.75 Å². The van der Waals surface area contributed by atoms with Crippen molar-refractivity contribution in [2.75, 3.05) is 17.7 Å². The number of allylic oxidation sites excluding steroid dienone is 1. The van der Waals surface area contributed by atoms with Gasteiger partial charge in [0.05, 0.1) is 17.9 Å². The van der Waals surface area contributed by atoms with E-state index in [4.69, 9.17) is 9.47 Å². The van der Waals surface area contributed by atoms with Gasteiger partial charge in [0.1, 0.15) is 17.4 Å². The van der Waals surface area contributed by atoms with Crippen LogP contribution in [0.25, 0.3) is 0 Å². The first-order valence-corrected chi connectivity index (χ1v) is 14.6. The molecule has 1 amide bonds. The van der Waals surface area contributed by atoms with Gasteiger partial charge in [0, 0.05) is 11.4 Å². The van der Waals surface area contributed by atoms with E-state index in [0.29, 0.717) is 34.0 Å². The Bertz CT molecular complexity index is 1330. The number of fused-ring (bicyclic) bond motifs is 1. The van der Waals surface area contributed by atoms with Gasteiger partial charge in [0.25, 0.3) is 0 Å². The molecule has 0 bridgehead atoms. The number of carbonyl (C=O) groups excluding carboxylic acids is 2. The van der Waals surface area contributed by atoms with Crippen molar-refractivity contribution in [2.24, 2.45) is 5.92 Å². The molecule has 8 nitrogen and oxygen atoms in total. The third kappa shape index (κ3) is 6.47. The van der Waals surface area contributed by atoms with Crippen LogP contribution in [0.15, 0.2) is 36.0 Å². The van der Waals surface area contributed by atoms with Crippen molar-refractivity contribution in [1.29, 1.82) is 0 Å². The second-order valence-electron chi connectivity index (χ2n) is 9.47. The molecule has 1 N–H and O–H groups in total. The summed E-state index contributed by atoms with van der Waals surface area (Å²) in [6.07, 6.45) is 4.52. The minimum Gasteiger partial charge on any atom is -0.485 e. The maximum absolute atomic E-state index is 13.0. The van der Waals surface area contributed by atoms with E-state index in [1.54, 1.807) is 13.0 Å². The first kappa shape index (κ1) is 27.9. The number of thioether (sulfide) groups is 1. The van der Waals surface area contributed by atoms with E-state index in [2.05, 4.69) is 29.0 Å². The number of rotatable bonds is 11. The highest BCUT2D eigenvalue weighted by atomic mass is 32.2. The van der Waals surface area contributed by atoms with Crippen molar-refractivity contribution < 1.29 is 19.1 Å². The lowest BCUT2D eigenvalue weighted by molar-refractivity contribution is -0.113. The number of aryl methyl sites for hydroxylation is 2. The Hall–Kier alpha value is -3.11. The zero-order chi connectivity index (χ0) is 27.2. The molecule has 2 aromatic heterocycles. The van der Waals surface area contributed by atoms with Crippen molar-refractivity contribution in [3.63, 3.8) is 0 Å². The lowest BCUT2D eigenvalue weighted by Crippen LogP contribution is -2.18. The minimum atomic E-state index is -0.373. The maximum Gasteiger partial charge on any atom is 0.341 e. The van der Waals surface area contributed by atoms with Crippen LogP contribution in [-0.2, 0) is 35.5 Å². The number of ether oxygens (including phenoxy) is 2. The van der Waals surface area contributed by atoms with E-state index in [-0.39, 0.29) is 30.8 Å². The van der Waals surface area contributed by atoms with Gasteiger partial charge in [0.15, 0.2) is 11.0 Å². The molecule has 2 heterocycles. The number of thiophene rings is 1. The summed E-state index contributed by atoms with van der Waals surface area (Å²) < 4.78 is 13.2. The van der Waals surface area contributed by atoms with E-state index in [9.17, 15) is 9.59 Å². The lowest BCUT2D eigenvalue weighted by Gasteiger charge is -2.18. The number of amides is 1. The summed E-state index contributed by atoms with van der Waals surface area (Å²) in [4.78, 5) is 26.9. The number of hydrogen-bond acceptors (Lipinski definition) is 8. The van der Waals surface area contributed by atoms with Gasteiger partial charge >= 0.3 is 5.97 Å². The van der Waals surface area contributed by atoms with Crippen LogP contribution >= 0.6 is 23.1 Å². The summed E-state index contributed by atoms with van der Waals surface area (Å²) in [7, 11) is 0. The fourth-order valence-corrected chi connectivity index (χ4v) is 6.58. The second kappa shape index (κ2) is 12.6. The topological polar surface area (TPSA) is 95.3 Å². The number of aromatic nitrogens is 3. The standard InChI is InChI=1S/C28H34N4O4S2/c1-6-12-32-23(15-36-21-13-17(3)8-10-19(21)5)30-31-28(32)37-16-24(33)29-26-25(27(34)35-7-2)20-11-9-18(4)14-22(20)38-26/h6,8,10,13,18H,1,7,9,11-12,14-16H2,2-5H3,(H,29,33). The Labute approximate surface area is 231 Å².